The zero-order valence-electron chi connectivity index (χ0n) is 3.85. The van der Waals surface area contributed by atoms with Gasteiger partial charge in [0.05, 0.1) is 0 Å². The molecular formula is C5H10Pd. The summed E-state index contributed by atoms with van der Waals surface area (Å²) in [6, 6.07) is 0. The fraction of sp³-hybridized carbons (Fsp3) is 1.00. The normalized spacial score (nSPS) is 25.3. The summed E-state index contributed by atoms with van der Waals surface area (Å²) in [6.07, 6.45) is 4.56. The first-order valence-corrected chi connectivity index (χ1v) is 4.65. The van der Waals surface area contributed by atoms with E-state index in [2.05, 4.69) is 0 Å². The molecule has 0 amide bonds. The molecule has 0 unspecified atom stereocenters. The van der Waals surface area contributed by atoms with Gasteiger partial charge in [-0.3, -0.25) is 0 Å². The van der Waals surface area contributed by atoms with Crippen molar-refractivity contribution >= 4 is 0 Å². The second-order valence-electron chi connectivity index (χ2n) is 1.54. The van der Waals surface area contributed by atoms with Gasteiger partial charge in [0.15, 0.2) is 0 Å². The number of rotatable bonds is 0. The molecule has 1 heterocycles. The molecule has 0 aliphatic carbocycles. The van der Waals surface area contributed by atoms with E-state index in [0.717, 1.165) is 18.0 Å². The van der Waals surface area contributed by atoms with Crippen molar-refractivity contribution < 1.29 is 18.0 Å². The van der Waals surface area contributed by atoms with Crippen LogP contribution in [0, 0.1) is 0 Å². The SMILES string of the molecule is C1C[CH2][Pd][CH2]C1. The first-order valence-electron chi connectivity index (χ1n) is 2.45. The molecule has 1 heteroatoms. The quantitative estimate of drug-likeness (QED) is 0.496. The van der Waals surface area contributed by atoms with E-state index < -0.39 is 0 Å². The average Bonchev–Trinajstić information content (AvgIpc) is 1.72. The maximum absolute atomic E-state index is 1.55. The minimum atomic E-state index is 1.14. The van der Waals surface area contributed by atoms with Crippen molar-refractivity contribution in [1.29, 1.82) is 0 Å². The van der Waals surface area contributed by atoms with Crippen molar-refractivity contribution in [3.8, 4) is 0 Å². The Balaban J connectivity index is 2.00. The van der Waals surface area contributed by atoms with E-state index in [1.807, 2.05) is 0 Å². The molecule has 40 valence electrons. The molecule has 0 atom stereocenters. The molecule has 1 aliphatic rings. The van der Waals surface area contributed by atoms with Crippen LogP contribution < -0.4 is 0 Å². The summed E-state index contributed by atoms with van der Waals surface area (Å²) in [6.45, 7) is 0. The average molecular weight is 177 g/mol. The third-order valence-electron chi connectivity index (χ3n) is 0.947. The van der Waals surface area contributed by atoms with Crippen LogP contribution in [0.1, 0.15) is 19.3 Å². The fourth-order valence-electron chi connectivity index (χ4n) is 0.572. The van der Waals surface area contributed by atoms with Crippen molar-refractivity contribution in [3.05, 3.63) is 0 Å². The van der Waals surface area contributed by atoms with Crippen LogP contribution >= 0.6 is 0 Å². The Morgan fingerprint density at radius 3 is 1.67 bits per heavy atom. The van der Waals surface area contributed by atoms with Crippen LogP contribution in [0.3, 0.4) is 0 Å². The van der Waals surface area contributed by atoms with E-state index in [9.17, 15) is 0 Å². The summed E-state index contributed by atoms with van der Waals surface area (Å²) in [5.74, 6) is 0. The van der Waals surface area contributed by atoms with E-state index in [-0.39, 0.29) is 0 Å². The van der Waals surface area contributed by atoms with Crippen LogP contribution in [-0.4, -0.2) is 0 Å². The molecule has 6 heavy (non-hydrogen) atoms. The van der Waals surface area contributed by atoms with Crippen molar-refractivity contribution in [3.63, 3.8) is 0 Å². The molecule has 0 saturated carbocycles. The molecule has 0 radical (unpaired) electrons. The van der Waals surface area contributed by atoms with Crippen molar-refractivity contribution in [2.75, 3.05) is 0 Å². The third-order valence-corrected chi connectivity index (χ3v) is 3.15. The molecule has 1 fully saturated rings. The molecule has 0 N–H and O–H groups in total. The predicted octanol–water partition coefficient (Wildman–Crippen LogP) is 2.09. The van der Waals surface area contributed by atoms with Gasteiger partial charge < -0.3 is 0 Å². The van der Waals surface area contributed by atoms with E-state index >= 15 is 0 Å². The molecule has 1 saturated heterocycles. The summed E-state index contributed by atoms with van der Waals surface area (Å²) >= 11 is 1.14. The van der Waals surface area contributed by atoms with Crippen LogP contribution in [0.25, 0.3) is 0 Å². The Morgan fingerprint density at radius 2 is 1.50 bits per heavy atom. The topological polar surface area (TPSA) is 0 Å². The molecule has 0 aromatic carbocycles. The second-order valence-corrected chi connectivity index (χ2v) is 3.87. The van der Waals surface area contributed by atoms with Gasteiger partial charge in [0.25, 0.3) is 0 Å². The molecule has 1 aliphatic heterocycles. The van der Waals surface area contributed by atoms with Gasteiger partial charge in [-0.25, -0.2) is 0 Å². The monoisotopic (exact) mass is 176 g/mol. The molecule has 0 bridgehead atoms. The Morgan fingerprint density at radius 1 is 0.833 bits per heavy atom. The molecule has 0 aromatic heterocycles. The third kappa shape index (κ3) is 1.41. The zero-order valence-corrected chi connectivity index (χ0v) is 5.41. The van der Waals surface area contributed by atoms with Gasteiger partial charge in [-0.1, -0.05) is 0 Å². The minimum absolute atomic E-state index is 1.14. The van der Waals surface area contributed by atoms with Gasteiger partial charge in [0, 0.05) is 0 Å². The number of hydrogen-bond donors (Lipinski definition) is 0. The van der Waals surface area contributed by atoms with E-state index in [1.165, 1.54) is 19.3 Å². The van der Waals surface area contributed by atoms with E-state index in [4.69, 9.17) is 0 Å². The summed E-state index contributed by atoms with van der Waals surface area (Å²) in [5.41, 5.74) is 0. The van der Waals surface area contributed by atoms with Crippen molar-refractivity contribution in [2.24, 2.45) is 0 Å². The summed E-state index contributed by atoms with van der Waals surface area (Å²) in [5, 5.41) is 0. The Labute approximate surface area is 47.5 Å². The van der Waals surface area contributed by atoms with Crippen LogP contribution in [0.15, 0.2) is 0 Å². The standard InChI is InChI=1S/C5H10.Pd/c1-3-5-4-2;/h1-5H2;. The maximum atomic E-state index is 1.55. The van der Waals surface area contributed by atoms with Gasteiger partial charge in [0.2, 0.25) is 0 Å². The molecule has 0 spiro atoms. The van der Waals surface area contributed by atoms with Gasteiger partial charge in [-0.2, -0.15) is 0 Å². The van der Waals surface area contributed by atoms with Gasteiger partial charge >= 0.3 is 47.0 Å². The first-order chi connectivity index (χ1) is 3.00. The Kier molecular flexibility index (Phi) is 2.22. The van der Waals surface area contributed by atoms with Gasteiger partial charge in [-0.05, 0) is 0 Å². The van der Waals surface area contributed by atoms with Crippen LogP contribution in [0.4, 0.5) is 0 Å². The zero-order chi connectivity index (χ0) is 4.24. The van der Waals surface area contributed by atoms with Crippen molar-refractivity contribution in [2.45, 2.75) is 29.0 Å². The van der Waals surface area contributed by atoms with E-state index in [0.29, 0.717) is 0 Å². The van der Waals surface area contributed by atoms with Crippen LogP contribution in [-0.2, 0) is 18.0 Å². The summed E-state index contributed by atoms with van der Waals surface area (Å²) in [7, 11) is 0. The Hall–Kier alpha value is 0.662. The summed E-state index contributed by atoms with van der Waals surface area (Å²) in [4.78, 5) is 3.10. The first kappa shape index (κ1) is 4.81. The van der Waals surface area contributed by atoms with Gasteiger partial charge in [0.1, 0.15) is 0 Å². The van der Waals surface area contributed by atoms with Gasteiger partial charge in [-0.15, -0.1) is 0 Å². The van der Waals surface area contributed by atoms with Crippen LogP contribution in [0.2, 0.25) is 9.79 Å². The fourth-order valence-corrected chi connectivity index (χ4v) is 2.52. The number of hydrogen-bond acceptors (Lipinski definition) is 0. The molecule has 1 rings (SSSR count). The molecule has 0 nitrogen and oxygen atoms in total. The summed E-state index contributed by atoms with van der Waals surface area (Å²) < 4.78 is 0. The van der Waals surface area contributed by atoms with Crippen molar-refractivity contribution in [1.82, 2.24) is 0 Å². The molecule has 0 aromatic rings. The van der Waals surface area contributed by atoms with E-state index in [1.54, 1.807) is 9.79 Å². The second kappa shape index (κ2) is 2.77. The molecular weight excluding hydrogens is 166 g/mol. The predicted molar refractivity (Wildman–Crippen MR) is 23.5 cm³/mol. The van der Waals surface area contributed by atoms with Crippen LogP contribution in [0.5, 0.6) is 0 Å². The Bertz CT molecular complexity index is 19.4.